The van der Waals surface area contributed by atoms with Crippen molar-refractivity contribution in [1.29, 1.82) is 5.26 Å². The topological polar surface area (TPSA) is 89.6 Å². The number of aromatic nitrogens is 1. The molecule has 2 aromatic rings. The van der Waals surface area contributed by atoms with Gasteiger partial charge in [-0.1, -0.05) is 13.0 Å². The molecule has 4 rings (SSSR count). The van der Waals surface area contributed by atoms with Crippen LogP contribution in [-0.4, -0.2) is 62.1 Å². The molecule has 2 aliphatic heterocycles. The van der Waals surface area contributed by atoms with Crippen LogP contribution in [0.3, 0.4) is 0 Å². The number of carboxylic acids is 1. The van der Waals surface area contributed by atoms with Gasteiger partial charge >= 0.3 is 5.97 Å². The molecule has 3 unspecified atom stereocenters. The standard InChI is InChI=1S/C27H36N4O3/c1-4-27(3,26(33)34)31-15-7-9-23(31)25(32)30-14-6-8-21(30)12-13-22-17-20-11-10-19(18-28)16-24(20)29(22)5-2/h10-11,16-17,21,23H,4-9,12-15H2,1-3H3,(H,33,34). The van der Waals surface area contributed by atoms with Crippen molar-refractivity contribution in [2.45, 2.75) is 89.9 Å². The highest BCUT2D eigenvalue weighted by atomic mass is 16.4. The summed E-state index contributed by atoms with van der Waals surface area (Å²) in [5.41, 5.74) is 1.99. The number of carbonyl (C=O) groups excluding carboxylic acids is 1. The van der Waals surface area contributed by atoms with E-state index in [1.165, 1.54) is 5.69 Å². The summed E-state index contributed by atoms with van der Waals surface area (Å²) in [6.45, 7) is 8.01. The van der Waals surface area contributed by atoms with Crippen LogP contribution in [0.1, 0.15) is 70.6 Å². The van der Waals surface area contributed by atoms with Crippen LogP contribution in [0.25, 0.3) is 10.9 Å². The fraction of sp³-hybridized carbons (Fsp3) is 0.593. The van der Waals surface area contributed by atoms with Gasteiger partial charge in [0.05, 0.1) is 17.7 Å². The number of hydrogen-bond acceptors (Lipinski definition) is 4. The van der Waals surface area contributed by atoms with Gasteiger partial charge in [-0.15, -0.1) is 0 Å². The van der Waals surface area contributed by atoms with E-state index in [0.717, 1.165) is 62.5 Å². The average Bonchev–Trinajstić information content (AvgIpc) is 3.59. The molecule has 1 aromatic heterocycles. The van der Waals surface area contributed by atoms with Gasteiger partial charge in [-0.05, 0) is 82.4 Å². The second-order valence-electron chi connectivity index (χ2n) is 9.92. The molecule has 34 heavy (non-hydrogen) atoms. The minimum Gasteiger partial charge on any atom is -0.480 e. The van der Waals surface area contributed by atoms with E-state index in [9.17, 15) is 20.0 Å². The number of likely N-dealkylation sites (tertiary alicyclic amines) is 2. The van der Waals surface area contributed by atoms with Gasteiger partial charge in [-0.2, -0.15) is 5.26 Å². The van der Waals surface area contributed by atoms with Crippen molar-refractivity contribution in [1.82, 2.24) is 14.4 Å². The van der Waals surface area contributed by atoms with E-state index in [2.05, 4.69) is 23.6 Å². The molecule has 7 nitrogen and oxygen atoms in total. The molecule has 1 aromatic carbocycles. The van der Waals surface area contributed by atoms with Crippen LogP contribution in [0.15, 0.2) is 24.3 Å². The molecule has 2 saturated heterocycles. The lowest BCUT2D eigenvalue weighted by Gasteiger charge is -2.40. The number of nitrogens with zero attached hydrogens (tertiary/aromatic N) is 4. The summed E-state index contributed by atoms with van der Waals surface area (Å²) in [5.74, 6) is -0.741. The van der Waals surface area contributed by atoms with Crippen LogP contribution < -0.4 is 0 Å². The van der Waals surface area contributed by atoms with Crippen molar-refractivity contribution >= 4 is 22.8 Å². The van der Waals surface area contributed by atoms with Gasteiger partial charge in [0.15, 0.2) is 0 Å². The second-order valence-corrected chi connectivity index (χ2v) is 9.92. The van der Waals surface area contributed by atoms with Gasteiger partial charge in [0.1, 0.15) is 5.54 Å². The van der Waals surface area contributed by atoms with Gasteiger partial charge in [0.2, 0.25) is 5.91 Å². The fourth-order valence-electron chi connectivity index (χ4n) is 5.98. The van der Waals surface area contributed by atoms with E-state index >= 15 is 0 Å². The van der Waals surface area contributed by atoms with Crippen molar-refractivity contribution in [2.24, 2.45) is 0 Å². The number of carbonyl (C=O) groups is 2. The lowest BCUT2D eigenvalue weighted by molar-refractivity contribution is -0.154. The van der Waals surface area contributed by atoms with Gasteiger partial charge < -0.3 is 14.6 Å². The van der Waals surface area contributed by atoms with Crippen molar-refractivity contribution < 1.29 is 14.7 Å². The van der Waals surface area contributed by atoms with Gasteiger partial charge in [-0.25, -0.2) is 0 Å². The number of hydrogen-bond donors (Lipinski definition) is 1. The van der Waals surface area contributed by atoms with E-state index < -0.39 is 11.5 Å². The normalized spacial score (nSPS) is 22.7. The Morgan fingerprint density at radius 1 is 1.18 bits per heavy atom. The lowest BCUT2D eigenvalue weighted by Crippen LogP contribution is -2.58. The summed E-state index contributed by atoms with van der Waals surface area (Å²) < 4.78 is 2.27. The lowest BCUT2D eigenvalue weighted by atomic mass is 9.95. The highest BCUT2D eigenvalue weighted by Gasteiger charge is 2.48. The number of aryl methyl sites for hydroxylation is 2. The highest BCUT2D eigenvalue weighted by molar-refractivity contribution is 5.85. The van der Waals surface area contributed by atoms with Crippen molar-refractivity contribution in [3.05, 3.63) is 35.5 Å². The molecule has 182 valence electrons. The van der Waals surface area contributed by atoms with Crippen LogP contribution in [0.5, 0.6) is 0 Å². The third-order valence-corrected chi connectivity index (χ3v) is 8.15. The zero-order chi connectivity index (χ0) is 24.5. The maximum Gasteiger partial charge on any atom is 0.323 e. The Labute approximate surface area is 201 Å². The minimum atomic E-state index is -1.00. The van der Waals surface area contributed by atoms with Crippen LogP contribution in [0, 0.1) is 11.3 Å². The van der Waals surface area contributed by atoms with E-state index in [1.54, 1.807) is 6.92 Å². The molecule has 2 aliphatic rings. The minimum absolute atomic E-state index is 0.107. The summed E-state index contributed by atoms with van der Waals surface area (Å²) in [6.07, 6.45) is 5.82. The number of rotatable bonds is 8. The number of carboxylic acid groups (broad SMARTS) is 1. The molecule has 3 heterocycles. The summed E-state index contributed by atoms with van der Waals surface area (Å²) in [7, 11) is 0. The van der Waals surface area contributed by atoms with Crippen molar-refractivity contribution in [3.8, 4) is 6.07 Å². The highest BCUT2D eigenvalue weighted by Crippen LogP contribution is 2.33. The Hall–Kier alpha value is -2.85. The summed E-state index contributed by atoms with van der Waals surface area (Å²) in [5, 5.41) is 20.3. The molecule has 1 amide bonds. The first-order chi connectivity index (χ1) is 16.3. The van der Waals surface area contributed by atoms with Crippen LogP contribution in [0.2, 0.25) is 0 Å². The number of aliphatic carboxylic acids is 1. The van der Waals surface area contributed by atoms with Crippen LogP contribution in [0.4, 0.5) is 0 Å². The molecule has 2 fully saturated rings. The van der Waals surface area contributed by atoms with E-state index in [4.69, 9.17) is 0 Å². The molecule has 7 heteroatoms. The maximum absolute atomic E-state index is 13.7. The largest absolute Gasteiger partial charge is 0.480 e. The summed E-state index contributed by atoms with van der Waals surface area (Å²) >= 11 is 0. The Kier molecular flexibility index (Phi) is 6.99. The molecular formula is C27H36N4O3. The zero-order valence-corrected chi connectivity index (χ0v) is 20.6. The molecule has 0 aliphatic carbocycles. The number of benzene rings is 1. The third-order valence-electron chi connectivity index (χ3n) is 8.15. The summed E-state index contributed by atoms with van der Waals surface area (Å²) in [6, 6.07) is 10.1. The number of fused-ring (bicyclic) bond motifs is 1. The third kappa shape index (κ3) is 4.20. The quantitative estimate of drug-likeness (QED) is 0.633. The maximum atomic E-state index is 13.7. The zero-order valence-electron chi connectivity index (χ0n) is 20.6. The van der Waals surface area contributed by atoms with Gasteiger partial charge in [0, 0.05) is 36.9 Å². The fourth-order valence-corrected chi connectivity index (χ4v) is 5.98. The Balaban J connectivity index is 1.50. The molecule has 0 spiro atoms. The first-order valence-corrected chi connectivity index (χ1v) is 12.7. The van der Waals surface area contributed by atoms with Gasteiger partial charge in [0.25, 0.3) is 0 Å². The Bertz CT molecular complexity index is 1120. The first kappa shape index (κ1) is 24.3. The summed E-state index contributed by atoms with van der Waals surface area (Å²) in [4.78, 5) is 29.7. The first-order valence-electron chi connectivity index (χ1n) is 12.7. The van der Waals surface area contributed by atoms with Crippen LogP contribution in [-0.2, 0) is 22.6 Å². The van der Waals surface area contributed by atoms with Crippen molar-refractivity contribution in [3.63, 3.8) is 0 Å². The van der Waals surface area contributed by atoms with E-state index in [-0.39, 0.29) is 18.0 Å². The monoisotopic (exact) mass is 464 g/mol. The molecule has 0 saturated carbocycles. The molecule has 0 bridgehead atoms. The smallest absolute Gasteiger partial charge is 0.323 e. The SMILES string of the molecule is CCn1c(CCC2CCCN2C(=O)C2CCCN2C(C)(CC)C(=O)O)cc2ccc(C#N)cc21. The molecular weight excluding hydrogens is 428 g/mol. The van der Waals surface area contributed by atoms with Crippen LogP contribution >= 0.6 is 0 Å². The van der Waals surface area contributed by atoms with E-state index in [0.29, 0.717) is 18.5 Å². The number of nitriles is 1. The molecule has 0 radical (unpaired) electrons. The van der Waals surface area contributed by atoms with Gasteiger partial charge in [-0.3, -0.25) is 14.5 Å². The Morgan fingerprint density at radius 3 is 2.62 bits per heavy atom. The number of amides is 1. The second kappa shape index (κ2) is 9.79. The molecule has 3 atom stereocenters. The average molecular weight is 465 g/mol. The predicted molar refractivity (Wildman–Crippen MR) is 131 cm³/mol. The van der Waals surface area contributed by atoms with Crippen molar-refractivity contribution in [2.75, 3.05) is 13.1 Å². The molecule has 1 N–H and O–H groups in total. The predicted octanol–water partition coefficient (Wildman–Crippen LogP) is 4.17. The van der Waals surface area contributed by atoms with E-state index in [1.807, 2.05) is 34.9 Å². The Morgan fingerprint density at radius 2 is 1.94 bits per heavy atom.